The fraction of sp³-hybridized carbons (Fsp3) is 0.545. The lowest BCUT2D eigenvalue weighted by Crippen LogP contribution is -2.12. The van der Waals surface area contributed by atoms with Crippen LogP contribution in [0.25, 0.3) is 0 Å². The van der Waals surface area contributed by atoms with Gasteiger partial charge in [0.05, 0.1) is 5.57 Å². The van der Waals surface area contributed by atoms with Crippen molar-refractivity contribution in [2.45, 2.75) is 34.1 Å². The first-order chi connectivity index (χ1) is 6.47. The first-order valence-electron chi connectivity index (χ1n) is 4.60. The lowest BCUT2D eigenvalue weighted by Gasteiger charge is -2.05. The predicted molar refractivity (Wildman–Crippen MR) is 53.5 cm³/mol. The van der Waals surface area contributed by atoms with E-state index in [2.05, 4.69) is 10.5 Å². The van der Waals surface area contributed by atoms with E-state index < -0.39 is 11.9 Å². The van der Waals surface area contributed by atoms with Crippen molar-refractivity contribution in [3.8, 4) is 0 Å². The van der Waals surface area contributed by atoms with Gasteiger partial charge in [-0.05, 0) is 25.3 Å². The van der Waals surface area contributed by atoms with Gasteiger partial charge in [0, 0.05) is 6.92 Å². The van der Waals surface area contributed by atoms with Crippen LogP contribution in [0, 0.1) is 5.92 Å². The van der Waals surface area contributed by atoms with Crippen molar-refractivity contribution in [3.05, 3.63) is 17.4 Å². The Kier molecular flexibility index (Phi) is 5.58. The van der Waals surface area contributed by atoms with E-state index in [0.717, 1.165) is 0 Å². The Hall–Kier alpha value is -1.34. The van der Waals surface area contributed by atoms with Gasteiger partial charge in [0.15, 0.2) is 0 Å². The molecular formula is C11H16O3. The number of carbonyl (C=O) groups excluding carboxylic acids is 2. The summed E-state index contributed by atoms with van der Waals surface area (Å²) in [7, 11) is 0. The van der Waals surface area contributed by atoms with E-state index in [1.807, 2.05) is 13.8 Å². The number of hydrogen-bond acceptors (Lipinski definition) is 3. The van der Waals surface area contributed by atoms with Crippen LogP contribution in [-0.2, 0) is 14.3 Å². The molecule has 0 aromatic carbocycles. The lowest BCUT2D eigenvalue weighted by atomic mass is 10.0. The summed E-state index contributed by atoms with van der Waals surface area (Å²) in [6, 6.07) is 0. The van der Waals surface area contributed by atoms with Crippen molar-refractivity contribution < 1.29 is 14.3 Å². The summed E-state index contributed by atoms with van der Waals surface area (Å²) in [5.74, 6) is -0.851. The standard InChI is InChI=1S/C11H16O3/c1-5-6-10(7-8(2)3)11(13)14-9(4)12/h5,8H,7H2,1-4H3. The largest absolute Gasteiger partial charge is 0.389 e. The topological polar surface area (TPSA) is 43.4 Å². The highest BCUT2D eigenvalue weighted by Crippen LogP contribution is 2.11. The van der Waals surface area contributed by atoms with Crippen LogP contribution in [0.3, 0.4) is 0 Å². The average Bonchev–Trinajstić information content (AvgIpc) is 2.01. The van der Waals surface area contributed by atoms with E-state index in [9.17, 15) is 9.59 Å². The molecular weight excluding hydrogens is 180 g/mol. The second-order valence-electron chi connectivity index (χ2n) is 3.39. The molecule has 0 aliphatic rings. The number of hydrogen-bond donors (Lipinski definition) is 0. The summed E-state index contributed by atoms with van der Waals surface area (Å²) in [5.41, 5.74) is 3.20. The number of ether oxygens (including phenoxy) is 1. The maximum atomic E-state index is 11.3. The van der Waals surface area contributed by atoms with Gasteiger partial charge in [0.2, 0.25) is 0 Å². The molecule has 0 unspecified atom stereocenters. The molecule has 0 radical (unpaired) electrons. The van der Waals surface area contributed by atoms with Gasteiger partial charge in [-0.3, -0.25) is 4.79 Å². The molecule has 0 aromatic heterocycles. The van der Waals surface area contributed by atoms with E-state index in [1.54, 1.807) is 13.0 Å². The summed E-state index contributed by atoms with van der Waals surface area (Å²) >= 11 is 0. The second kappa shape index (κ2) is 6.17. The van der Waals surface area contributed by atoms with Gasteiger partial charge in [-0.2, -0.15) is 0 Å². The molecule has 0 amide bonds. The first kappa shape index (κ1) is 12.7. The van der Waals surface area contributed by atoms with Gasteiger partial charge in [-0.15, -0.1) is 5.73 Å². The minimum atomic E-state index is -0.593. The van der Waals surface area contributed by atoms with E-state index in [-0.39, 0.29) is 0 Å². The molecule has 0 saturated carbocycles. The Bertz CT molecular complexity index is 281. The van der Waals surface area contributed by atoms with Crippen LogP contribution in [0.1, 0.15) is 34.1 Å². The summed E-state index contributed by atoms with van der Waals surface area (Å²) in [6.07, 6.45) is 2.20. The van der Waals surface area contributed by atoms with Crippen LogP contribution in [-0.4, -0.2) is 11.9 Å². The SMILES string of the molecule is CC=C=C(CC(C)C)C(=O)OC(C)=O. The molecule has 0 N–H and O–H groups in total. The molecule has 0 heterocycles. The lowest BCUT2D eigenvalue weighted by molar-refractivity contribution is -0.155. The molecule has 3 heteroatoms. The molecule has 14 heavy (non-hydrogen) atoms. The Labute approximate surface area is 84.4 Å². The van der Waals surface area contributed by atoms with Gasteiger partial charge in [-0.25, -0.2) is 4.79 Å². The highest BCUT2D eigenvalue weighted by atomic mass is 16.6. The summed E-state index contributed by atoms with van der Waals surface area (Å²) < 4.78 is 4.47. The van der Waals surface area contributed by atoms with Gasteiger partial charge in [0.1, 0.15) is 0 Å². The Balaban J connectivity index is 4.60. The Morgan fingerprint density at radius 1 is 1.43 bits per heavy atom. The van der Waals surface area contributed by atoms with Crippen molar-refractivity contribution in [3.63, 3.8) is 0 Å². The van der Waals surface area contributed by atoms with Crippen LogP contribution in [0.15, 0.2) is 17.4 Å². The highest BCUT2D eigenvalue weighted by molar-refractivity contribution is 5.95. The molecule has 78 valence electrons. The van der Waals surface area contributed by atoms with Gasteiger partial charge in [-0.1, -0.05) is 13.8 Å². The number of esters is 2. The van der Waals surface area contributed by atoms with Crippen molar-refractivity contribution in [2.75, 3.05) is 0 Å². The molecule has 0 aromatic rings. The fourth-order valence-electron chi connectivity index (χ4n) is 0.976. The summed E-state index contributed by atoms with van der Waals surface area (Å²) in [5, 5.41) is 0. The molecule has 0 saturated heterocycles. The second-order valence-corrected chi connectivity index (χ2v) is 3.39. The normalized spacial score (nSPS) is 9.21. The minimum absolute atomic E-state index is 0.331. The average molecular weight is 196 g/mol. The van der Waals surface area contributed by atoms with Crippen molar-refractivity contribution in [1.29, 1.82) is 0 Å². The van der Waals surface area contributed by atoms with Crippen molar-refractivity contribution in [1.82, 2.24) is 0 Å². The predicted octanol–water partition coefficient (Wildman–Crippen LogP) is 2.22. The number of rotatable bonds is 3. The molecule has 0 aliphatic heterocycles. The molecule has 0 aliphatic carbocycles. The van der Waals surface area contributed by atoms with Crippen LogP contribution in [0.4, 0.5) is 0 Å². The maximum absolute atomic E-state index is 11.3. The molecule has 0 spiro atoms. The van der Waals surface area contributed by atoms with E-state index in [0.29, 0.717) is 17.9 Å². The van der Waals surface area contributed by atoms with Crippen LogP contribution < -0.4 is 0 Å². The highest BCUT2D eigenvalue weighted by Gasteiger charge is 2.13. The molecule has 0 fully saturated rings. The van der Waals surface area contributed by atoms with Gasteiger partial charge < -0.3 is 4.74 Å². The molecule has 0 rings (SSSR count). The minimum Gasteiger partial charge on any atom is -0.389 e. The van der Waals surface area contributed by atoms with Crippen LogP contribution in [0.2, 0.25) is 0 Å². The maximum Gasteiger partial charge on any atom is 0.349 e. The van der Waals surface area contributed by atoms with Gasteiger partial charge >= 0.3 is 11.9 Å². The monoisotopic (exact) mass is 196 g/mol. The van der Waals surface area contributed by atoms with E-state index >= 15 is 0 Å². The Morgan fingerprint density at radius 2 is 2.00 bits per heavy atom. The zero-order valence-corrected chi connectivity index (χ0v) is 9.09. The third kappa shape index (κ3) is 5.33. The quantitative estimate of drug-likeness (QED) is 0.301. The third-order valence-electron chi connectivity index (χ3n) is 1.41. The zero-order valence-electron chi connectivity index (χ0n) is 9.09. The summed E-state index contributed by atoms with van der Waals surface area (Å²) in [6.45, 7) is 6.94. The van der Waals surface area contributed by atoms with E-state index in [1.165, 1.54) is 6.92 Å². The smallest absolute Gasteiger partial charge is 0.349 e. The van der Waals surface area contributed by atoms with Gasteiger partial charge in [0.25, 0.3) is 0 Å². The zero-order chi connectivity index (χ0) is 11.1. The fourth-order valence-corrected chi connectivity index (χ4v) is 0.976. The van der Waals surface area contributed by atoms with E-state index in [4.69, 9.17) is 0 Å². The first-order valence-corrected chi connectivity index (χ1v) is 4.60. The summed E-state index contributed by atoms with van der Waals surface area (Å²) in [4.78, 5) is 21.9. The molecule has 0 bridgehead atoms. The van der Waals surface area contributed by atoms with Crippen LogP contribution in [0.5, 0.6) is 0 Å². The Morgan fingerprint density at radius 3 is 2.36 bits per heavy atom. The molecule has 0 atom stereocenters. The van der Waals surface area contributed by atoms with Crippen LogP contribution >= 0.6 is 0 Å². The molecule has 3 nitrogen and oxygen atoms in total. The van der Waals surface area contributed by atoms with Crippen molar-refractivity contribution in [2.24, 2.45) is 5.92 Å². The van der Waals surface area contributed by atoms with Crippen molar-refractivity contribution >= 4 is 11.9 Å². The third-order valence-corrected chi connectivity index (χ3v) is 1.41. The number of carbonyl (C=O) groups is 2.